The minimum Gasteiger partial charge on any atom is -0.427 e. The molecule has 13 heavy (non-hydrogen) atoms. The van der Waals surface area contributed by atoms with Gasteiger partial charge in [-0.15, -0.1) is 0 Å². The zero-order valence-electron chi connectivity index (χ0n) is 7.10. The Hall–Kier alpha value is -1.85. The Kier molecular flexibility index (Phi) is 1.54. The molecule has 68 valence electrons. The van der Waals surface area contributed by atoms with Crippen molar-refractivity contribution in [2.45, 2.75) is 13.5 Å². The topological polar surface area (TPSA) is 79.7 Å². The number of imidazole rings is 1. The van der Waals surface area contributed by atoms with Crippen LogP contribution < -0.4 is 5.49 Å². The van der Waals surface area contributed by atoms with Gasteiger partial charge >= 0.3 is 0 Å². The van der Waals surface area contributed by atoms with Gasteiger partial charge in [-0.1, -0.05) is 0 Å². The predicted octanol–water partition coefficient (Wildman–Crippen LogP) is -0.0305. The van der Waals surface area contributed by atoms with Gasteiger partial charge in [-0.25, -0.2) is 9.97 Å². The number of aromatic nitrogens is 4. The third-order valence-electron chi connectivity index (χ3n) is 1.89. The van der Waals surface area contributed by atoms with Crippen LogP contribution in [0.3, 0.4) is 0 Å². The highest BCUT2D eigenvalue weighted by atomic mass is 16.5. The fraction of sp³-hybridized carbons (Fsp3) is 0.286. The summed E-state index contributed by atoms with van der Waals surface area (Å²) in [4.78, 5) is 7.79. The van der Waals surface area contributed by atoms with Crippen LogP contribution >= 0.6 is 0 Å². The normalized spacial score (nSPS) is 10.8. The number of fused-ring (bicyclic) bond motifs is 1. The predicted molar refractivity (Wildman–Crippen MR) is 44.2 cm³/mol. The highest BCUT2D eigenvalue weighted by molar-refractivity contribution is 5.68. The average Bonchev–Trinajstić information content (AvgIpc) is 2.50. The fourth-order valence-electron chi connectivity index (χ4n) is 1.23. The van der Waals surface area contributed by atoms with Gasteiger partial charge in [0.05, 0.1) is 6.33 Å². The van der Waals surface area contributed by atoms with Gasteiger partial charge in [0, 0.05) is 6.54 Å². The molecule has 0 saturated heterocycles. The summed E-state index contributed by atoms with van der Waals surface area (Å²) in [5.41, 5.74) is 0.939. The summed E-state index contributed by atoms with van der Waals surface area (Å²) in [6, 6.07) is 0. The van der Waals surface area contributed by atoms with Gasteiger partial charge in [0.1, 0.15) is 6.33 Å². The van der Waals surface area contributed by atoms with E-state index in [2.05, 4.69) is 9.97 Å². The molecule has 0 spiro atoms. The second-order valence-corrected chi connectivity index (χ2v) is 2.64. The van der Waals surface area contributed by atoms with E-state index in [9.17, 15) is 5.21 Å². The first-order valence-corrected chi connectivity index (χ1v) is 3.90. The number of nitrogens with zero attached hydrogens (tertiary/aromatic N) is 4. The Bertz CT molecular complexity index is 497. The minimum atomic E-state index is 0.0275. The largest absolute Gasteiger partial charge is 0.427 e. The van der Waals surface area contributed by atoms with Gasteiger partial charge in [-0.3, -0.25) is 5.41 Å². The summed E-state index contributed by atoms with van der Waals surface area (Å²) in [7, 11) is 0. The molecule has 0 unspecified atom stereocenters. The van der Waals surface area contributed by atoms with Crippen molar-refractivity contribution < 1.29 is 5.21 Å². The molecular weight excluding hydrogens is 170 g/mol. The summed E-state index contributed by atoms with van der Waals surface area (Å²) in [5.74, 6) is 0. The van der Waals surface area contributed by atoms with Gasteiger partial charge < -0.3 is 9.77 Å². The lowest BCUT2D eigenvalue weighted by Crippen LogP contribution is -2.14. The third kappa shape index (κ3) is 0.986. The molecule has 2 aromatic rings. The van der Waals surface area contributed by atoms with E-state index in [1.54, 1.807) is 4.57 Å². The van der Waals surface area contributed by atoms with Crippen LogP contribution in [-0.2, 0) is 6.54 Å². The van der Waals surface area contributed by atoms with E-state index in [0.717, 1.165) is 4.73 Å². The number of rotatable bonds is 1. The standard InChI is InChI=1S/C7H9N5O/c1-2-11-3-9-6(8)5-7(11)10-4-12(5)13/h3-4,8,13H,2H2,1H3. The molecule has 0 atom stereocenters. The molecule has 0 bridgehead atoms. The maximum absolute atomic E-state index is 9.29. The molecule has 0 fully saturated rings. The Morgan fingerprint density at radius 1 is 1.46 bits per heavy atom. The first-order chi connectivity index (χ1) is 6.24. The molecular formula is C7H9N5O. The van der Waals surface area contributed by atoms with E-state index in [4.69, 9.17) is 5.41 Å². The Balaban J connectivity index is 2.95. The number of nitrogens with one attached hydrogen (secondary N) is 1. The van der Waals surface area contributed by atoms with Crippen molar-refractivity contribution in [2.24, 2.45) is 0 Å². The van der Waals surface area contributed by atoms with Crippen molar-refractivity contribution in [1.29, 1.82) is 5.41 Å². The number of aryl methyl sites for hydroxylation is 1. The van der Waals surface area contributed by atoms with E-state index < -0.39 is 0 Å². The molecule has 6 heteroatoms. The minimum absolute atomic E-state index is 0.0275. The van der Waals surface area contributed by atoms with Crippen molar-refractivity contribution in [1.82, 2.24) is 19.3 Å². The van der Waals surface area contributed by atoms with Gasteiger partial charge in [0.2, 0.25) is 0 Å². The van der Waals surface area contributed by atoms with Crippen LogP contribution in [0.5, 0.6) is 0 Å². The van der Waals surface area contributed by atoms with Gasteiger partial charge in [0.25, 0.3) is 0 Å². The fourth-order valence-corrected chi connectivity index (χ4v) is 1.23. The van der Waals surface area contributed by atoms with E-state index in [1.165, 1.54) is 12.7 Å². The first-order valence-electron chi connectivity index (χ1n) is 3.90. The second kappa shape index (κ2) is 2.58. The number of hydrogen-bond acceptors (Lipinski definition) is 4. The molecule has 2 heterocycles. The highest BCUT2D eigenvalue weighted by Gasteiger charge is 2.06. The van der Waals surface area contributed by atoms with Gasteiger partial charge in [-0.05, 0) is 6.92 Å². The molecule has 0 aliphatic heterocycles. The molecule has 0 radical (unpaired) electrons. The Morgan fingerprint density at radius 2 is 2.23 bits per heavy atom. The summed E-state index contributed by atoms with van der Waals surface area (Å²) < 4.78 is 2.58. The molecule has 2 aromatic heterocycles. The lowest BCUT2D eigenvalue weighted by Gasteiger charge is -2.01. The van der Waals surface area contributed by atoms with Crippen molar-refractivity contribution in [3.05, 3.63) is 18.1 Å². The average molecular weight is 179 g/mol. The second-order valence-electron chi connectivity index (χ2n) is 2.64. The van der Waals surface area contributed by atoms with Crippen LogP contribution in [0.4, 0.5) is 0 Å². The molecule has 2 N–H and O–H groups in total. The lowest BCUT2D eigenvalue weighted by atomic mass is 10.5. The smallest absolute Gasteiger partial charge is 0.177 e. The maximum Gasteiger partial charge on any atom is 0.177 e. The van der Waals surface area contributed by atoms with Crippen LogP contribution in [-0.4, -0.2) is 24.5 Å². The van der Waals surface area contributed by atoms with E-state index in [-0.39, 0.29) is 5.49 Å². The SMILES string of the molecule is CCn1cnc(=N)c2c1ncn2O. The van der Waals surface area contributed by atoms with Crippen LogP contribution in [0.15, 0.2) is 12.7 Å². The Labute approximate surface area is 73.6 Å². The molecule has 0 saturated carbocycles. The van der Waals surface area contributed by atoms with Crippen LogP contribution in [0, 0.1) is 5.41 Å². The summed E-state index contributed by atoms with van der Waals surface area (Å²) in [5, 5.41) is 16.7. The zero-order valence-corrected chi connectivity index (χ0v) is 7.10. The molecule has 0 aromatic carbocycles. The summed E-state index contributed by atoms with van der Waals surface area (Å²) in [6.45, 7) is 2.65. The zero-order chi connectivity index (χ0) is 9.42. The maximum atomic E-state index is 9.29. The van der Waals surface area contributed by atoms with E-state index in [1.807, 2.05) is 6.92 Å². The third-order valence-corrected chi connectivity index (χ3v) is 1.89. The quantitative estimate of drug-likeness (QED) is 0.603. The summed E-state index contributed by atoms with van der Waals surface area (Å²) >= 11 is 0. The lowest BCUT2D eigenvalue weighted by molar-refractivity contribution is 0.197. The van der Waals surface area contributed by atoms with Gasteiger partial charge in [0.15, 0.2) is 16.7 Å². The molecule has 0 aliphatic rings. The number of hydrogen-bond donors (Lipinski definition) is 2. The monoisotopic (exact) mass is 179 g/mol. The van der Waals surface area contributed by atoms with Crippen molar-refractivity contribution in [2.75, 3.05) is 0 Å². The van der Waals surface area contributed by atoms with Gasteiger partial charge in [-0.2, -0.15) is 4.73 Å². The van der Waals surface area contributed by atoms with Crippen LogP contribution in [0.1, 0.15) is 6.92 Å². The van der Waals surface area contributed by atoms with Crippen LogP contribution in [0.2, 0.25) is 0 Å². The van der Waals surface area contributed by atoms with Crippen molar-refractivity contribution in [3.63, 3.8) is 0 Å². The molecule has 0 amide bonds. The van der Waals surface area contributed by atoms with E-state index >= 15 is 0 Å². The van der Waals surface area contributed by atoms with E-state index in [0.29, 0.717) is 17.7 Å². The molecule has 6 nitrogen and oxygen atoms in total. The van der Waals surface area contributed by atoms with Crippen molar-refractivity contribution >= 4 is 11.2 Å². The summed E-state index contributed by atoms with van der Waals surface area (Å²) in [6.07, 6.45) is 2.80. The highest BCUT2D eigenvalue weighted by Crippen LogP contribution is 2.04. The van der Waals surface area contributed by atoms with Crippen LogP contribution in [0.25, 0.3) is 11.2 Å². The van der Waals surface area contributed by atoms with Crippen molar-refractivity contribution in [3.8, 4) is 0 Å². The molecule has 2 rings (SSSR count). The molecule has 0 aliphatic carbocycles. The Morgan fingerprint density at radius 3 is 2.92 bits per heavy atom. The first kappa shape index (κ1) is 7.78.